The fourth-order valence-corrected chi connectivity index (χ4v) is 2.73. The van der Waals surface area contributed by atoms with Crippen molar-refractivity contribution < 1.29 is 39.2 Å². The molecular formula is C13H6O8S. The maximum absolute atomic E-state index is 11.2. The van der Waals surface area contributed by atoms with Crippen molar-refractivity contribution in [3.63, 3.8) is 0 Å². The molecule has 22 heavy (non-hydrogen) atoms. The first-order valence-electron chi connectivity index (χ1n) is 5.75. The Balaban J connectivity index is 2.15. The number of ether oxygens (including phenoxy) is 2. The summed E-state index contributed by atoms with van der Waals surface area (Å²) in [5.74, 6) is -4.24. The van der Waals surface area contributed by atoms with Crippen LogP contribution < -0.4 is 9.47 Å². The molecule has 0 spiro atoms. The third-order valence-electron chi connectivity index (χ3n) is 2.83. The number of thiophene rings is 1. The monoisotopic (exact) mass is 322 g/mol. The van der Waals surface area contributed by atoms with Crippen LogP contribution >= 0.6 is 11.3 Å². The molecule has 0 fully saturated rings. The van der Waals surface area contributed by atoms with Gasteiger partial charge in [0.05, 0.1) is 5.56 Å². The highest BCUT2D eigenvalue weighted by atomic mass is 32.1. The molecule has 2 heterocycles. The van der Waals surface area contributed by atoms with Gasteiger partial charge in [0.25, 0.3) is 0 Å². The molecule has 2 aromatic rings. The lowest BCUT2D eigenvalue weighted by Crippen LogP contribution is -2.05. The Morgan fingerprint density at radius 3 is 1.86 bits per heavy atom. The van der Waals surface area contributed by atoms with Gasteiger partial charge < -0.3 is 24.8 Å². The van der Waals surface area contributed by atoms with Crippen LogP contribution in [-0.4, -0.2) is 33.2 Å². The molecule has 0 saturated carbocycles. The summed E-state index contributed by atoms with van der Waals surface area (Å²) < 4.78 is 10.8. The lowest BCUT2D eigenvalue weighted by molar-refractivity contribution is 0.0685. The van der Waals surface area contributed by atoms with Gasteiger partial charge in [-0.3, -0.25) is 0 Å². The summed E-state index contributed by atoms with van der Waals surface area (Å²) >= 11 is 0.507. The van der Waals surface area contributed by atoms with Crippen molar-refractivity contribution in [1.29, 1.82) is 0 Å². The van der Waals surface area contributed by atoms with E-state index < -0.39 is 17.9 Å². The van der Waals surface area contributed by atoms with Gasteiger partial charge in [-0.25, -0.2) is 14.4 Å². The van der Waals surface area contributed by atoms with Gasteiger partial charge in [-0.1, -0.05) is 0 Å². The second-order valence-electron chi connectivity index (χ2n) is 4.20. The minimum atomic E-state index is -1.37. The highest BCUT2D eigenvalue weighted by Gasteiger charge is 2.34. The van der Waals surface area contributed by atoms with E-state index >= 15 is 0 Å². The Hall–Kier alpha value is -3.07. The molecule has 0 saturated heterocycles. The van der Waals surface area contributed by atoms with Crippen LogP contribution in [0.15, 0.2) is 18.2 Å². The van der Waals surface area contributed by atoms with E-state index in [4.69, 9.17) is 24.8 Å². The number of carbonyl (C=O) groups is 3. The molecule has 0 amide bonds. The highest BCUT2D eigenvalue weighted by molar-refractivity contribution is 7.16. The van der Waals surface area contributed by atoms with Gasteiger partial charge in [-0.05, 0) is 18.2 Å². The van der Waals surface area contributed by atoms with E-state index in [-0.39, 0.29) is 38.3 Å². The van der Waals surface area contributed by atoms with Crippen molar-refractivity contribution in [1.82, 2.24) is 0 Å². The number of benzene rings is 1. The molecule has 0 bridgehead atoms. The minimum absolute atomic E-state index is 0.00430. The average molecular weight is 322 g/mol. The summed E-state index contributed by atoms with van der Waals surface area (Å²) in [6, 6.07) is 3.75. The topological polar surface area (TPSA) is 130 Å². The Bertz CT molecular complexity index is 835. The van der Waals surface area contributed by atoms with Crippen LogP contribution in [-0.2, 0) is 0 Å². The molecule has 1 aliphatic rings. The maximum Gasteiger partial charge on any atom is 0.349 e. The summed E-state index contributed by atoms with van der Waals surface area (Å²) in [6.07, 6.45) is 0. The van der Waals surface area contributed by atoms with Crippen LogP contribution in [0.25, 0.3) is 0 Å². The molecule has 0 aliphatic carbocycles. The standard InChI is InChI=1S/C13H6O8S/c14-11(15)4-1-2-5-6(3-4)21-8-7(20-5)9(12(16)17)22-10(8)13(18)19/h1-3H,(H,14,15)(H,16,17)(H,18,19). The maximum atomic E-state index is 11.2. The van der Waals surface area contributed by atoms with Crippen LogP contribution in [0.2, 0.25) is 0 Å². The van der Waals surface area contributed by atoms with E-state index in [1.165, 1.54) is 18.2 Å². The van der Waals surface area contributed by atoms with Crippen molar-refractivity contribution in [3.8, 4) is 23.0 Å². The van der Waals surface area contributed by atoms with E-state index in [9.17, 15) is 14.4 Å². The third kappa shape index (κ3) is 2.04. The van der Waals surface area contributed by atoms with Crippen LogP contribution in [0.5, 0.6) is 23.0 Å². The van der Waals surface area contributed by atoms with E-state index in [0.29, 0.717) is 11.3 Å². The quantitative estimate of drug-likeness (QED) is 0.671. The lowest BCUT2D eigenvalue weighted by Gasteiger charge is -2.19. The van der Waals surface area contributed by atoms with Crippen molar-refractivity contribution >= 4 is 29.2 Å². The SMILES string of the molecule is O=C(O)c1ccc2c(c1)Oc1c(C(=O)O)sc(C(=O)O)c1O2. The Morgan fingerprint density at radius 2 is 1.36 bits per heavy atom. The predicted octanol–water partition coefficient (Wildman–Crippen LogP) is 2.74. The number of aromatic carboxylic acids is 3. The first-order valence-corrected chi connectivity index (χ1v) is 6.56. The molecule has 3 N–H and O–H groups in total. The van der Waals surface area contributed by atoms with Crippen LogP contribution in [0.4, 0.5) is 0 Å². The number of rotatable bonds is 3. The zero-order chi connectivity index (χ0) is 16.0. The smallest absolute Gasteiger partial charge is 0.349 e. The second kappa shape index (κ2) is 4.74. The molecule has 0 unspecified atom stereocenters. The fourth-order valence-electron chi connectivity index (χ4n) is 1.89. The van der Waals surface area contributed by atoms with Gasteiger partial charge in [-0.2, -0.15) is 0 Å². The molecule has 1 aliphatic heterocycles. The molecule has 8 nitrogen and oxygen atoms in total. The molecule has 0 atom stereocenters. The van der Waals surface area contributed by atoms with Crippen LogP contribution in [0.1, 0.15) is 29.7 Å². The molecule has 0 radical (unpaired) electrons. The van der Waals surface area contributed by atoms with E-state index in [2.05, 4.69) is 0 Å². The van der Waals surface area contributed by atoms with Gasteiger partial charge in [0.1, 0.15) is 0 Å². The zero-order valence-electron chi connectivity index (χ0n) is 10.5. The van der Waals surface area contributed by atoms with Crippen molar-refractivity contribution in [3.05, 3.63) is 33.5 Å². The minimum Gasteiger partial charge on any atom is -0.478 e. The Morgan fingerprint density at radius 1 is 0.818 bits per heavy atom. The van der Waals surface area contributed by atoms with Crippen LogP contribution in [0, 0.1) is 0 Å². The normalized spacial score (nSPS) is 11.6. The number of hydrogen-bond acceptors (Lipinski definition) is 6. The summed E-state index contributed by atoms with van der Waals surface area (Å²) in [6.45, 7) is 0. The van der Waals surface area contributed by atoms with Gasteiger partial charge in [0, 0.05) is 0 Å². The van der Waals surface area contributed by atoms with Gasteiger partial charge in [0.2, 0.25) is 0 Å². The number of hydrogen-bond donors (Lipinski definition) is 3. The van der Waals surface area contributed by atoms with Crippen molar-refractivity contribution in [2.24, 2.45) is 0 Å². The average Bonchev–Trinajstić information content (AvgIpc) is 2.82. The Kier molecular flexibility index (Phi) is 2.99. The van der Waals surface area contributed by atoms with E-state index in [0.717, 1.165) is 0 Å². The molecule has 1 aromatic carbocycles. The number of carboxylic acid groups (broad SMARTS) is 3. The largest absolute Gasteiger partial charge is 0.478 e. The zero-order valence-corrected chi connectivity index (χ0v) is 11.3. The number of fused-ring (bicyclic) bond motifs is 2. The van der Waals surface area contributed by atoms with Crippen molar-refractivity contribution in [2.45, 2.75) is 0 Å². The molecule has 112 valence electrons. The number of carboxylic acids is 3. The third-order valence-corrected chi connectivity index (χ3v) is 3.95. The van der Waals surface area contributed by atoms with Gasteiger partial charge >= 0.3 is 17.9 Å². The Labute approximate surface area is 125 Å². The highest BCUT2D eigenvalue weighted by Crippen LogP contribution is 2.52. The fraction of sp³-hybridized carbons (Fsp3) is 0. The second-order valence-corrected chi connectivity index (χ2v) is 5.22. The summed E-state index contributed by atoms with van der Waals surface area (Å²) in [4.78, 5) is 32.6. The summed E-state index contributed by atoms with van der Waals surface area (Å²) in [7, 11) is 0. The molecular weight excluding hydrogens is 316 g/mol. The van der Waals surface area contributed by atoms with Crippen LogP contribution in [0.3, 0.4) is 0 Å². The summed E-state index contributed by atoms with van der Waals surface area (Å²) in [5.41, 5.74) is -0.0728. The van der Waals surface area contributed by atoms with Gasteiger partial charge in [-0.15, -0.1) is 11.3 Å². The van der Waals surface area contributed by atoms with E-state index in [1.54, 1.807) is 0 Å². The van der Waals surface area contributed by atoms with Crippen molar-refractivity contribution in [2.75, 3.05) is 0 Å². The molecule has 9 heteroatoms. The molecule has 1 aromatic heterocycles. The predicted molar refractivity (Wildman–Crippen MR) is 71.8 cm³/mol. The molecule has 3 rings (SSSR count). The first-order chi connectivity index (χ1) is 10.4. The summed E-state index contributed by atoms with van der Waals surface area (Å²) in [5, 5.41) is 27.2. The van der Waals surface area contributed by atoms with E-state index in [1.807, 2.05) is 0 Å². The van der Waals surface area contributed by atoms with Gasteiger partial charge in [0.15, 0.2) is 32.8 Å². The lowest BCUT2D eigenvalue weighted by atomic mass is 10.2. The first kappa shape index (κ1) is 13.9.